The topological polar surface area (TPSA) is 95.4 Å². The fraction of sp³-hybridized carbons (Fsp3) is 0.0625. The Morgan fingerprint density at radius 1 is 1.04 bits per heavy atom. The van der Waals surface area contributed by atoms with Crippen LogP contribution >= 0.6 is 11.6 Å². The molecule has 0 saturated carbocycles. The number of benzene rings is 2. The van der Waals surface area contributed by atoms with Gasteiger partial charge in [0, 0.05) is 23.6 Å². The maximum atomic E-state index is 11.4. The number of hydrogen-bond donors (Lipinski definition) is 2. The second kappa shape index (κ2) is 5.73. The smallest absolute Gasteiger partial charge is 0.336 e. The van der Waals surface area contributed by atoms with Crippen LogP contribution in [0.25, 0.3) is 11.0 Å². The highest BCUT2D eigenvalue weighted by Gasteiger charge is 2.09. The van der Waals surface area contributed by atoms with Gasteiger partial charge < -0.3 is 14.6 Å². The maximum Gasteiger partial charge on any atom is 0.336 e. The fourth-order valence-electron chi connectivity index (χ4n) is 2.11. The molecule has 0 spiro atoms. The number of halogens is 1. The van der Waals surface area contributed by atoms with Gasteiger partial charge >= 0.3 is 5.63 Å². The van der Waals surface area contributed by atoms with Crippen LogP contribution in [0.15, 0.2) is 55.8 Å². The highest BCUT2D eigenvalue weighted by molar-refractivity contribution is 6.33. The summed E-state index contributed by atoms with van der Waals surface area (Å²) < 4.78 is 5.04. The van der Waals surface area contributed by atoms with Crippen molar-refractivity contribution in [2.24, 2.45) is 10.2 Å². The molecule has 1 heterocycles. The normalized spacial score (nSPS) is 11.4. The van der Waals surface area contributed by atoms with E-state index in [2.05, 4.69) is 10.2 Å². The molecule has 2 aromatic carbocycles. The van der Waals surface area contributed by atoms with Gasteiger partial charge in [-0.3, -0.25) is 0 Å². The molecular formula is C16H11ClN2O4. The third kappa shape index (κ3) is 3.02. The molecule has 23 heavy (non-hydrogen) atoms. The van der Waals surface area contributed by atoms with Crippen molar-refractivity contribution in [2.45, 2.75) is 6.92 Å². The highest BCUT2D eigenvalue weighted by Crippen LogP contribution is 2.35. The van der Waals surface area contributed by atoms with E-state index in [0.29, 0.717) is 16.6 Å². The number of phenols is 2. The van der Waals surface area contributed by atoms with Crippen LogP contribution in [0.2, 0.25) is 5.02 Å². The zero-order valence-corrected chi connectivity index (χ0v) is 12.7. The molecule has 0 aliphatic rings. The van der Waals surface area contributed by atoms with E-state index in [-0.39, 0.29) is 27.8 Å². The molecule has 0 atom stereocenters. The summed E-state index contributed by atoms with van der Waals surface area (Å²) in [6.07, 6.45) is 0. The van der Waals surface area contributed by atoms with Gasteiger partial charge in [0.15, 0.2) is 0 Å². The van der Waals surface area contributed by atoms with Gasteiger partial charge in [0.1, 0.15) is 28.5 Å². The van der Waals surface area contributed by atoms with Gasteiger partial charge in [-0.25, -0.2) is 4.79 Å². The third-order valence-corrected chi connectivity index (χ3v) is 3.55. The summed E-state index contributed by atoms with van der Waals surface area (Å²) in [6, 6.07) is 8.52. The molecule has 116 valence electrons. The summed E-state index contributed by atoms with van der Waals surface area (Å²) in [5.41, 5.74) is 1.04. The largest absolute Gasteiger partial charge is 0.508 e. The standard InChI is InChI=1S/C16H11ClN2O4/c1-8-4-16(22)23-15-7-14(21)13(6-10(8)15)19-18-12-3-2-9(20)5-11(12)17/h2-7,20-21H,1H3. The number of azo groups is 1. The molecule has 0 amide bonds. The van der Waals surface area contributed by atoms with E-state index < -0.39 is 5.63 Å². The Morgan fingerprint density at radius 3 is 2.52 bits per heavy atom. The van der Waals surface area contributed by atoms with Gasteiger partial charge in [-0.2, -0.15) is 0 Å². The van der Waals surface area contributed by atoms with Crippen molar-refractivity contribution in [3.05, 3.63) is 57.4 Å². The zero-order chi connectivity index (χ0) is 16.6. The lowest BCUT2D eigenvalue weighted by Gasteiger charge is -2.04. The predicted octanol–water partition coefficient (Wildman–Crippen LogP) is 4.58. The fourth-order valence-corrected chi connectivity index (χ4v) is 2.32. The van der Waals surface area contributed by atoms with Gasteiger partial charge in [-0.05, 0) is 30.7 Å². The molecule has 0 bridgehead atoms. The van der Waals surface area contributed by atoms with Crippen LogP contribution in [0, 0.1) is 6.92 Å². The van der Waals surface area contributed by atoms with E-state index in [1.165, 1.54) is 30.3 Å². The van der Waals surface area contributed by atoms with Crippen molar-refractivity contribution >= 4 is 33.9 Å². The van der Waals surface area contributed by atoms with Crippen LogP contribution in [0.5, 0.6) is 11.5 Å². The first-order valence-corrected chi connectivity index (χ1v) is 6.99. The molecule has 0 radical (unpaired) electrons. The molecule has 6 nitrogen and oxygen atoms in total. The molecule has 3 rings (SSSR count). The molecule has 7 heteroatoms. The Morgan fingerprint density at radius 2 is 1.78 bits per heavy atom. The van der Waals surface area contributed by atoms with Crippen LogP contribution in [0.3, 0.4) is 0 Å². The van der Waals surface area contributed by atoms with Gasteiger partial charge in [0.2, 0.25) is 0 Å². The Kier molecular flexibility index (Phi) is 3.75. The monoisotopic (exact) mass is 330 g/mol. The summed E-state index contributed by atoms with van der Waals surface area (Å²) in [6.45, 7) is 1.76. The summed E-state index contributed by atoms with van der Waals surface area (Å²) in [4.78, 5) is 11.4. The van der Waals surface area contributed by atoms with Crippen molar-refractivity contribution in [1.29, 1.82) is 0 Å². The summed E-state index contributed by atoms with van der Waals surface area (Å²) in [7, 11) is 0. The minimum Gasteiger partial charge on any atom is -0.508 e. The van der Waals surface area contributed by atoms with Crippen LogP contribution in [0.1, 0.15) is 5.56 Å². The predicted molar refractivity (Wildman–Crippen MR) is 86.2 cm³/mol. The number of hydrogen-bond acceptors (Lipinski definition) is 6. The van der Waals surface area contributed by atoms with Crippen molar-refractivity contribution in [3.63, 3.8) is 0 Å². The Labute approximate surface area is 135 Å². The first-order valence-electron chi connectivity index (χ1n) is 6.62. The summed E-state index contributed by atoms with van der Waals surface area (Å²) >= 11 is 5.95. The molecule has 0 aliphatic carbocycles. The van der Waals surface area contributed by atoms with E-state index >= 15 is 0 Å². The molecule has 0 saturated heterocycles. The summed E-state index contributed by atoms with van der Waals surface area (Å²) in [5, 5.41) is 28.1. The Balaban J connectivity index is 2.07. The Bertz CT molecular complexity index is 995. The molecule has 0 fully saturated rings. The minimum atomic E-state index is -0.486. The van der Waals surface area contributed by atoms with E-state index in [4.69, 9.17) is 16.0 Å². The number of nitrogens with zero attached hydrogens (tertiary/aromatic N) is 2. The average Bonchev–Trinajstić information content (AvgIpc) is 2.46. The number of phenolic OH excluding ortho intramolecular Hbond substituents is 2. The van der Waals surface area contributed by atoms with Gasteiger partial charge in [-0.1, -0.05) is 11.6 Å². The second-order valence-electron chi connectivity index (χ2n) is 4.92. The molecular weight excluding hydrogens is 320 g/mol. The lowest BCUT2D eigenvalue weighted by Crippen LogP contribution is -1.97. The highest BCUT2D eigenvalue weighted by atomic mass is 35.5. The van der Waals surface area contributed by atoms with E-state index in [1.54, 1.807) is 13.0 Å². The zero-order valence-electron chi connectivity index (χ0n) is 11.9. The molecule has 1 aromatic heterocycles. The molecule has 3 aromatic rings. The van der Waals surface area contributed by atoms with Gasteiger partial charge in [0.25, 0.3) is 0 Å². The van der Waals surface area contributed by atoms with Crippen molar-refractivity contribution in [3.8, 4) is 11.5 Å². The van der Waals surface area contributed by atoms with Crippen molar-refractivity contribution in [1.82, 2.24) is 0 Å². The minimum absolute atomic E-state index is 0.0214. The lowest BCUT2D eigenvalue weighted by molar-refractivity contribution is 0.473. The van der Waals surface area contributed by atoms with Gasteiger partial charge in [-0.15, -0.1) is 10.2 Å². The number of aryl methyl sites for hydroxylation is 1. The van der Waals surface area contributed by atoms with E-state index in [1.807, 2.05) is 0 Å². The second-order valence-corrected chi connectivity index (χ2v) is 5.33. The van der Waals surface area contributed by atoms with E-state index in [0.717, 1.165) is 0 Å². The van der Waals surface area contributed by atoms with E-state index in [9.17, 15) is 15.0 Å². The quantitative estimate of drug-likeness (QED) is 0.531. The van der Waals surface area contributed by atoms with Crippen LogP contribution in [0.4, 0.5) is 11.4 Å². The van der Waals surface area contributed by atoms with Gasteiger partial charge in [0.05, 0.1) is 5.02 Å². The summed E-state index contributed by atoms with van der Waals surface area (Å²) in [5.74, 6) is -0.155. The Hall–Kier alpha value is -2.86. The molecule has 2 N–H and O–H groups in total. The lowest BCUT2D eigenvalue weighted by atomic mass is 10.1. The first-order chi connectivity index (χ1) is 10.9. The number of rotatable bonds is 2. The average molecular weight is 331 g/mol. The van der Waals surface area contributed by atoms with Crippen molar-refractivity contribution < 1.29 is 14.6 Å². The van der Waals surface area contributed by atoms with Crippen LogP contribution < -0.4 is 5.63 Å². The number of fused-ring (bicyclic) bond motifs is 1. The molecule has 0 aliphatic heterocycles. The van der Waals surface area contributed by atoms with Crippen molar-refractivity contribution in [2.75, 3.05) is 0 Å². The SMILES string of the molecule is Cc1cc(=O)oc2cc(O)c(N=Nc3ccc(O)cc3Cl)cc12. The third-order valence-electron chi connectivity index (χ3n) is 3.24. The van der Waals surface area contributed by atoms with Crippen LogP contribution in [-0.2, 0) is 0 Å². The first kappa shape index (κ1) is 15.1. The number of aromatic hydroxyl groups is 2. The van der Waals surface area contributed by atoms with Crippen LogP contribution in [-0.4, -0.2) is 10.2 Å². The maximum absolute atomic E-state index is 11.4. The molecule has 0 unspecified atom stereocenters.